The van der Waals surface area contributed by atoms with Gasteiger partial charge >= 0.3 is 0 Å². The van der Waals surface area contributed by atoms with Crippen molar-refractivity contribution in [1.82, 2.24) is 4.31 Å². The molecule has 1 heterocycles. The van der Waals surface area contributed by atoms with Crippen LogP contribution in [-0.4, -0.2) is 9.84 Å². The lowest BCUT2D eigenvalue weighted by molar-refractivity contribution is 0.274. The fraction of sp³-hybridized carbons (Fsp3) is 0.455. The first-order valence-electron chi connectivity index (χ1n) is 4.71. The first-order valence-corrected chi connectivity index (χ1v) is 6.27. The Bertz CT molecular complexity index is 357. The van der Waals surface area contributed by atoms with Crippen LogP contribution in [0.3, 0.4) is 0 Å². The molecule has 0 fully saturated rings. The number of benzene rings is 1. The molecule has 1 aromatic carbocycles. The van der Waals surface area contributed by atoms with E-state index in [1.807, 2.05) is 11.9 Å². The van der Waals surface area contributed by atoms with Crippen molar-refractivity contribution >= 4 is 27.9 Å². The number of halogens is 1. The molecule has 0 spiro atoms. The lowest BCUT2D eigenvalue weighted by Gasteiger charge is -2.29. The van der Waals surface area contributed by atoms with Crippen molar-refractivity contribution in [2.45, 2.75) is 37.8 Å². The Morgan fingerprint density at radius 3 is 2.71 bits per heavy atom. The van der Waals surface area contributed by atoms with E-state index >= 15 is 0 Å². The summed E-state index contributed by atoms with van der Waals surface area (Å²) in [5.41, 5.74) is 1.66. The average Bonchev–Trinajstić information content (AvgIpc) is 2.45. The van der Waals surface area contributed by atoms with Crippen LogP contribution in [0.4, 0.5) is 0 Å². The molecule has 0 aromatic heterocycles. The summed E-state index contributed by atoms with van der Waals surface area (Å²) in [4.78, 5) is 1.39. The molecular weight excluding hydrogens is 258 g/mol. The van der Waals surface area contributed by atoms with E-state index in [9.17, 15) is 0 Å². The molecule has 2 rings (SSSR count). The van der Waals surface area contributed by atoms with Crippen molar-refractivity contribution in [2.75, 3.05) is 0 Å². The number of fused-ring (bicyclic) bond motifs is 1. The van der Waals surface area contributed by atoms with Gasteiger partial charge in [-0.05, 0) is 56.5 Å². The van der Waals surface area contributed by atoms with Crippen LogP contribution in [-0.2, 0) is 6.54 Å². The van der Waals surface area contributed by atoms with Crippen molar-refractivity contribution in [3.63, 3.8) is 0 Å². The van der Waals surface area contributed by atoms with Gasteiger partial charge in [-0.3, -0.25) is 0 Å². The summed E-state index contributed by atoms with van der Waals surface area (Å²) >= 11 is 5.37. The van der Waals surface area contributed by atoms with E-state index in [1.165, 1.54) is 14.9 Å². The summed E-state index contributed by atoms with van der Waals surface area (Å²) in [5, 5.41) is 0. The van der Waals surface area contributed by atoms with Crippen LogP contribution in [0.15, 0.2) is 27.6 Å². The minimum Gasteiger partial charge on any atom is -0.237 e. The predicted octanol–water partition coefficient (Wildman–Crippen LogP) is 4.07. The normalized spacial score (nSPS) is 17.1. The van der Waals surface area contributed by atoms with Crippen molar-refractivity contribution in [2.24, 2.45) is 0 Å². The van der Waals surface area contributed by atoms with E-state index < -0.39 is 0 Å². The first kappa shape index (κ1) is 10.5. The highest BCUT2D eigenvalue weighted by Gasteiger charge is 2.29. The van der Waals surface area contributed by atoms with Crippen molar-refractivity contribution in [3.05, 3.63) is 28.2 Å². The summed E-state index contributed by atoms with van der Waals surface area (Å²) in [6.07, 6.45) is 0. The number of hydrogen-bond donors (Lipinski definition) is 0. The summed E-state index contributed by atoms with van der Waals surface area (Å²) in [6, 6.07) is 6.52. The molecule has 1 aromatic rings. The van der Waals surface area contributed by atoms with Crippen LogP contribution in [0.5, 0.6) is 0 Å². The fourth-order valence-electron chi connectivity index (χ4n) is 1.44. The average molecular weight is 272 g/mol. The van der Waals surface area contributed by atoms with Gasteiger partial charge in [0.2, 0.25) is 0 Å². The Morgan fingerprint density at radius 2 is 2.07 bits per heavy atom. The second kappa shape index (κ2) is 3.54. The van der Waals surface area contributed by atoms with E-state index in [0.717, 1.165) is 6.54 Å². The number of nitrogens with zero attached hydrogens (tertiary/aromatic N) is 1. The standard InChI is InChI=1S/C11H14BrNS/c1-11(2,3)13-7-8-6-9(12)4-5-10(8)14-13/h4-6H,7H2,1-3H3. The summed E-state index contributed by atoms with van der Waals surface area (Å²) in [7, 11) is 0. The molecule has 76 valence electrons. The van der Waals surface area contributed by atoms with Crippen LogP contribution in [0.2, 0.25) is 0 Å². The topological polar surface area (TPSA) is 3.24 Å². The minimum absolute atomic E-state index is 0.232. The second-order valence-electron chi connectivity index (χ2n) is 4.55. The summed E-state index contributed by atoms with van der Waals surface area (Å²) in [6.45, 7) is 7.80. The maximum Gasteiger partial charge on any atom is 0.0361 e. The Balaban J connectivity index is 2.26. The molecule has 1 nitrogen and oxygen atoms in total. The maximum atomic E-state index is 3.51. The molecule has 0 saturated carbocycles. The van der Waals surface area contributed by atoms with E-state index in [2.05, 4.69) is 59.2 Å². The van der Waals surface area contributed by atoms with Crippen LogP contribution < -0.4 is 0 Å². The van der Waals surface area contributed by atoms with Crippen LogP contribution in [0.25, 0.3) is 0 Å². The monoisotopic (exact) mass is 271 g/mol. The second-order valence-corrected chi connectivity index (χ2v) is 6.53. The van der Waals surface area contributed by atoms with Gasteiger partial charge < -0.3 is 0 Å². The maximum absolute atomic E-state index is 3.51. The van der Waals surface area contributed by atoms with Gasteiger partial charge in [-0.25, -0.2) is 4.31 Å². The van der Waals surface area contributed by atoms with Gasteiger partial charge in [-0.15, -0.1) is 0 Å². The molecule has 0 saturated heterocycles. The molecule has 0 unspecified atom stereocenters. The third kappa shape index (κ3) is 2.00. The Hall–Kier alpha value is 0.01000. The largest absolute Gasteiger partial charge is 0.237 e. The predicted molar refractivity (Wildman–Crippen MR) is 65.3 cm³/mol. The zero-order valence-corrected chi connectivity index (χ0v) is 11.1. The summed E-state index contributed by atoms with van der Waals surface area (Å²) in [5.74, 6) is 0. The molecule has 0 N–H and O–H groups in total. The van der Waals surface area contributed by atoms with Crippen LogP contribution in [0.1, 0.15) is 26.3 Å². The highest BCUT2D eigenvalue weighted by atomic mass is 79.9. The van der Waals surface area contributed by atoms with E-state index in [1.54, 1.807) is 0 Å². The third-order valence-corrected chi connectivity index (χ3v) is 4.28. The molecule has 3 heteroatoms. The SMILES string of the molecule is CC(C)(C)N1Cc2cc(Br)ccc2S1. The molecule has 1 aliphatic heterocycles. The third-order valence-electron chi connectivity index (χ3n) is 2.29. The molecular formula is C11H14BrNS. The van der Waals surface area contributed by atoms with Crippen molar-refractivity contribution in [1.29, 1.82) is 0 Å². The highest BCUT2D eigenvalue weighted by molar-refractivity contribution is 9.10. The smallest absolute Gasteiger partial charge is 0.0361 e. The van der Waals surface area contributed by atoms with Crippen LogP contribution >= 0.6 is 27.9 Å². The quantitative estimate of drug-likeness (QED) is 0.655. The lowest BCUT2D eigenvalue weighted by atomic mass is 10.1. The van der Waals surface area contributed by atoms with Gasteiger partial charge in [0.15, 0.2) is 0 Å². The molecule has 14 heavy (non-hydrogen) atoms. The van der Waals surface area contributed by atoms with Gasteiger partial charge in [-0.1, -0.05) is 15.9 Å². The lowest BCUT2D eigenvalue weighted by Crippen LogP contribution is -2.32. The zero-order chi connectivity index (χ0) is 10.3. The Kier molecular flexibility index (Phi) is 2.66. The Morgan fingerprint density at radius 1 is 1.36 bits per heavy atom. The van der Waals surface area contributed by atoms with Crippen molar-refractivity contribution < 1.29 is 0 Å². The van der Waals surface area contributed by atoms with E-state index in [4.69, 9.17) is 0 Å². The fourth-order valence-corrected chi connectivity index (χ4v) is 2.93. The first-order chi connectivity index (χ1) is 6.47. The van der Waals surface area contributed by atoms with E-state index in [-0.39, 0.29) is 5.54 Å². The van der Waals surface area contributed by atoms with Gasteiger partial charge in [0.25, 0.3) is 0 Å². The van der Waals surface area contributed by atoms with Gasteiger partial charge in [-0.2, -0.15) is 0 Å². The summed E-state index contributed by atoms with van der Waals surface area (Å²) < 4.78 is 3.59. The van der Waals surface area contributed by atoms with Gasteiger partial charge in [0, 0.05) is 21.5 Å². The molecule has 0 amide bonds. The molecule has 0 bridgehead atoms. The minimum atomic E-state index is 0.232. The number of rotatable bonds is 0. The molecule has 0 aliphatic carbocycles. The van der Waals surface area contributed by atoms with E-state index in [0.29, 0.717) is 0 Å². The molecule has 0 radical (unpaired) electrons. The highest BCUT2D eigenvalue weighted by Crippen LogP contribution is 2.41. The molecule has 1 aliphatic rings. The van der Waals surface area contributed by atoms with Crippen LogP contribution in [0, 0.1) is 0 Å². The zero-order valence-electron chi connectivity index (χ0n) is 8.67. The molecule has 0 atom stereocenters. The van der Waals surface area contributed by atoms with Gasteiger partial charge in [0.05, 0.1) is 0 Å². The van der Waals surface area contributed by atoms with Crippen molar-refractivity contribution in [3.8, 4) is 0 Å². The van der Waals surface area contributed by atoms with Gasteiger partial charge in [0.1, 0.15) is 0 Å². The number of hydrogen-bond acceptors (Lipinski definition) is 2. The Labute approximate surface area is 98.1 Å².